The van der Waals surface area contributed by atoms with Crippen LogP contribution < -0.4 is 10.1 Å². The predicted molar refractivity (Wildman–Crippen MR) is 80.0 cm³/mol. The van der Waals surface area contributed by atoms with Crippen molar-refractivity contribution in [2.75, 3.05) is 20.8 Å². The van der Waals surface area contributed by atoms with Crippen LogP contribution in [0, 0.1) is 13.8 Å². The molecule has 0 spiro atoms. The zero-order valence-corrected chi connectivity index (χ0v) is 13.3. The van der Waals surface area contributed by atoms with Gasteiger partial charge in [0.05, 0.1) is 18.8 Å². The number of likely N-dealkylation sites (N-methyl/N-ethyl adjacent to an activating group) is 1. The van der Waals surface area contributed by atoms with Crippen LogP contribution in [0.4, 0.5) is 0 Å². The van der Waals surface area contributed by atoms with Crippen LogP contribution in [-0.4, -0.2) is 26.4 Å². The molecule has 3 heteroatoms. The molecule has 0 fully saturated rings. The Labute approximate surface area is 117 Å². The smallest absolute Gasteiger partial charge is 0.124 e. The second-order valence-electron chi connectivity index (χ2n) is 5.50. The fraction of sp³-hybridized carbons (Fsp3) is 0.625. The summed E-state index contributed by atoms with van der Waals surface area (Å²) in [5.41, 5.74) is 3.32. The molecule has 0 saturated carbocycles. The SMILES string of the molecule is CCNC(c1c(C)cc(C)cc1OC)C(C)(C)OC. The van der Waals surface area contributed by atoms with Crippen molar-refractivity contribution in [2.45, 2.75) is 46.3 Å². The van der Waals surface area contributed by atoms with Crippen molar-refractivity contribution < 1.29 is 9.47 Å². The molecule has 19 heavy (non-hydrogen) atoms. The number of methoxy groups -OCH3 is 2. The molecule has 3 nitrogen and oxygen atoms in total. The third-order valence-corrected chi connectivity index (χ3v) is 3.63. The van der Waals surface area contributed by atoms with E-state index < -0.39 is 0 Å². The van der Waals surface area contributed by atoms with E-state index >= 15 is 0 Å². The Balaban J connectivity index is 3.37. The number of hydrogen-bond donors (Lipinski definition) is 1. The first kappa shape index (κ1) is 16.0. The number of nitrogens with one attached hydrogen (secondary N) is 1. The normalized spacial score (nSPS) is 13.4. The van der Waals surface area contributed by atoms with Crippen LogP contribution in [-0.2, 0) is 4.74 Å². The topological polar surface area (TPSA) is 30.5 Å². The van der Waals surface area contributed by atoms with Crippen molar-refractivity contribution in [3.05, 3.63) is 28.8 Å². The molecule has 1 rings (SSSR count). The third kappa shape index (κ3) is 3.48. The van der Waals surface area contributed by atoms with Crippen molar-refractivity contribution in [2.24, 2.45) is 0 Å². The summed E-state index contributed by atoms with van der Waals surface area (Å²) in [7, 11) is 3.47. The lowest BCUT2D eigenvalue weighted by Crippen LogP contribution is -2.41. The fourth-order valence-corrected chi connectivity index (χ4v) is 2.50. The van der Waals surface area contributed by atoms with Gasteiger partial charge < -0.3 is 14.8 Å². The molecule has 1 aromatic rings. The third-order valence-electron chi connectivity index (χ3n) is 3.63. The van der Waals surface area contributed by atoms with E-state index in [-0.39, 0.29) is 11.6 Å². The van der Waals surface area contributed by atoms with E-state index in [0.717, 1.165) is 12.3 Å². The number of aryl methyl sites for hydroxylation is 2. The molecule has 1 aromatic carbocycles. The lowest BCUT2D eigenvalue weighted by molar-refractivity contribution is -0.0114. The van der Waals surface area contributed by atoms with E-state index in [2.05, 4.69) is 52.1 Å². The second kappa shape index (κ2) is 6.40. The van der Waals surface area contributed by atoms with E-state index in [9.17, 15) is 0 Å². The largest absolute Gasteiger partial charge is 0.496 e. The summed E-state index contributed by atoms with van der Waals surface area (Å²) >= 11 is 0. The van der Waals surface area contributed by atoms with Crippen LogP contribution in [0.3, 0.4) is 0 Å². The van der Waals surface area contributed by atoms with Gasteiger partial charge in [-0.2, -0.15) is 0 Å². The summed E-state index contributed by atoms with van der Waals surface area (Å²) in [4.78, 5) is 0. The summed E-state index contributed by atoms with van der Waals surface area (Å²) < 4.78 is 11.3. The minimum Gasteiger partial charge on any atom is -0.496 e. The first-order valence-electron chi connectivity index (χ1n) is 6.81. The highest BCUT2D eigenvalue weighted by Gasteiger charge is 2.33. The highest BCUT2D eigenvalue weighted by molar-refractivity contribution is 5.46. The van der Waals surface area contributed by atoms with Gasteiger partial charge in [0.15, 0.2) is 0 Å². The van der Waals surface area contributed by atoms with E-state index in [1.165, 1.54) is 16.7 Å². The van der Waals surface area contributed by atoms with E-state index in [1.807, 2.05) is 0 Å². The maximum absolute atomic E-state index is 5.67. The molecule has 0 saturated heterocycles. The molecule has 1 unspecified atom stereocenters. The Morgan fingerprint density at radius 1 is 1.21 bits per heavy atom. The molecular weight excluding hydrogens is 238 g/mol. The monoisotopic (exact) mass is 265 g/mol. The van der Waals surface area contributed by atoms with Crippen LogP contribution in [0.2, 0.25) is 0 Å². The van der Waals surface area contributed by atoms with E-state index in [4.69, 9.17) is 9.47 Å². The van der Waals surface area contributed by atoms with Crippen molar-refractivity contribution in [3.63, 3.8) is 0 Å². The van der Waals surface area contributed by atoms with Crippen molar-refractivity contribution >= 4 is 0 Å². The van der Waals surface area contributed by atoms with Gasteiger partial charge in [0.25, 0.3) is 0 Å². The minimum atomic E-state index is -0.302. The molecule has 0 aliphatic heterocycles. The molecule has 0 amide bonds. The highest BCUT2D eigenvalue weighted by Crippen LogP contribution is 2.37. The molecule has 0 heterocycles. The van der Waals surface area contributed by atoms with E-state index in [0.29, 0.717) is 0 Å². The molecule has 0 bridgehead atoms. The quantitative estimate of drug-likeness (QED) is 0.855. The van der Waals surface area contributed by atoms with Gasteiger partial charge >= 0.3 is 0 Å². The van der Waals surface area contributed by atoms with Crippen LogP contribution >= 0.6 is 0 Å². The maximum atomic E-state index is 5.67. The Bertz CT molecular complexity index is 427. The van der Waals surface area contributed by atoms with Gasteiger partial charge in [-0.1, -0.05) is 13.0 Å². The van der Waals surface area contributed by atoms with Crippen molar-refractivity contribution in [1.29, 1.82) is 0 Å². The van der Waals surface area contributed by atoms with Gasteiger partial charge in [-0.25, -0.2) is 0 Å². The van der Waals surface area contributed by atoms with Crippen molar-refractivity contribution in [1.82, 2.24) is 5.32 Å². The highest BCUT2D eigenvalue weighted by atomic mass is 16.5. The van der Waals surface area contributed by atoms with E-state index in [1.54, 1.807) is 14.2 Å². The number of benzene rings is 1. The van der Waals surface area contributed by atoms with Gasteiger partial charge in [-0.15, -0.1) is 0 Å². The Hall–Kier alpha value is -1.06. The van der Waals surface area contributed by atoms with Crippen LogP contribution in [0.15, 0.2) is 12.1 Å². The molecule has 1 atom stereocenters. The van der Waals surface area contributed by atoms with Crippen LogP contribution in [0.1, 0.15) is 43.5 Å². The summed E-state index contributed by atoms with van der Waals surface area (Å²) in [6.45, 7) is 11.4. The fourth-order valence-electron chi connectivity index (χ4n) is 2.50. The first-order valence-corrected chi connectivity index (χ1v) is 6.81. The van der Waals surface area contributed by atoms with Gasteiger partial charge in [0.1, 0.15) is 5.75 Å². The Morgan fingerprint density at radius 3 is 2.32 bits per heavy atom. The number of ether oxygens (including phenoxy) is 2. The molecule has 0 aromatic heterocycles. The summed E-state index contributed by atoms with van der Waals surface area (Å²) in [5.74, 6) is 0.925. The molecule has 0 aliphatic rings. The summed E-state index contributed by atoms with van der Waals surface area (Å²) in [6.07, 6.45) is 0. The minimum absolute atomic E-state index is 0.0954. The number of hydrogen-bond acceptors (Lipinski definition) is 3. The van der Waals surface area contributed by atoms with Gasteiger partial charge in [-0.3, -0.25) is 0 Å². The molecule has 108 valence electrons. The lowest BCUT2D eigenvalue weighted by Gasteiger charge is -2.35. The molecule has 0 radical (unpaired) electrons. The lowest BCUT2D eigenvalue weighted by atomic mass is 9.87. The average molecular weight is 265 g/mol. The van der Waals surface area contributed by atoms with Crippen LogP contribution in [0.5, 0.6) is 5.75 Å². The zero-order chi connectivity index (χ0) is 14.6. The second-order valence-corrected chi connectivity index (χ2v) is 5.50. The molecule has 0 aliphatic carbocycles. The molecular formula is C16H27NO2. The van der Waals surface area contributed by atoms with Gasteiger partial charge in [-0.05, 0) is 51.4 Å². The average Bonchev–Trinajstić information content (AvgIpc) is 2.35. The Morgan fingerprint density at radius 2 is 1.84 bits per heavy atom. The van der Waals surface area contributed by atoms with Crippen molar-refractivity contribution in [3.8, 4) is 5.75 Å². The van der Waals surface area contributed by atoms with Crippen LogP contribution in [0.25, 0.3) is 0 Å². The van der Waals surface area contributed by atoms with Gasteiger partial charge in [0, 0.05) is 12.7 Å². The van der Waals surface area contributed by atoms with Gasteiger partial charge in [0.2, 0.25) is 0 Å². The first-order chi connectivity index (χ1) is 8.87. The number of rotatable bonds is 6. The standard InChI is InChI=1S/C16H27NO2/c1-8-17-15(16(4,5)19-7)14-12(3)9-11(2)10-13(14)18-6/h9-10,15,17H,8H2,1-7H3. The summed E-state index contributed by atoms with van der Waals surface area (Å²) in [6, 6.07) is 4.37. The zero-order valence-electron chi connectivity index (χ0n) is 13.3. The Kier molecular flexibility index (Phi) is 5.39. The predicted octanol–water partition coefficient (Wildman–Crippen LogP) is 3.39. The molecule has 1 N–H and O–H groups in total. The summed E-state index contributed by atoms with van der Waals surface area (Å²) in [5, 5.41) is 3.52. The maximum Gasteiger partial charge on any atom is 0.124 e.